The number of benzene rings is 1. The molecule has 0 saturated carbocycles. The van der Waals surface area contributed by atoms with Crippen molar-refractivity contribution in [2.24, 2.45) is 0 Å². The lowest BCUT2D eigenvalue weighted by atomic mass is 9.87. The number of carbonyl (C=O) groups excluding carboxylic acids is 2. The SMILES string of the molecule is CN(C)C(=O)c1ccc([C@H]2CCN(C(=O)OC(C)(C)C)C[C@H]2F)cc1. The van der Waals surface area contributed by atoms with E-state index in [-0.39, 0.29) is 18.4 Å². The molecule has 25 heavy (non-hydrogen) atoms. The van der Waals surface area contributed by atoms with Crippen LogP contribution in [-0.2, 0) is 4.74 Å². The molecular weight excluding hydrogens is 323 g/mol. The Hall–Kier alpha value is -2.11. The number of piperidine rings is 1. The Morgan fingerprint density at radius 2 is 1.80 bits per heavy atom. The minimum Gasteiger partial charge on any atom is -0.444 e. The van der Waals surface area contributed by atoms with Gasteiger partial charge in [-0.1, -0.05) is 12.1 Å². The number of amides is 2. The number of likely N-dealkylation sites (tertiary alicyclic amines) is 1. The fraction of sp³-hybridized carbons (Fsp3) is 0.579. The van der Waals surface area contributed by atoms with Crippen LogP contribution in [0.25, 0.3) is 0 Å². The van der Waals surface area contributed by atoms with Gasteiger partial charge in [0.05, 0.1) is 6.54 Å². The van der Waals surface area contributed by atoms with Gasteiger partial charge in [-0.05, 0) is 44.9 Å². The first-order valence-electron chi connectivity index (χ1n) is 8.52. The maximum atomic E-state index is 14.6. The van der Waals surface area contributed by atoms with Crippen LogP contribution in [0.15, 0.2) is 24.3 Å². The van der Waals surface area contributed by atoms with Crippen molar-refractivity contribution in [1.29, 1.82) is 0 Å². The fourth-order valence-electron chi connectivity index (χ4n) is 2.90. The van der Waals surface area contributed by atoms with E-state index in [1.807, 2.05) is 0 Å². The van der Waals surface area contributed by atoms with Gasteiger partial charge in [0.1, 0.15) is 11.8 Å². The van der Waals surface area contributed by atoms with Gasteiger partial charge in [-0.25, -0.2) is 9.18 Å². The summed E-state index contributed by atoms with van der Waals surface area (Å²) in [6, 6.07) is 7.06. The molecular formula is C19H27FN2O3. The summed E-state index contributed by atoms with van der Waals surface area (Å²) in [5.41, 5.74) is 0.844. The summed E-state index contributed by atoms with van der Waals surface area (Å²) in [6.07, 6.45) is -1.10. The van der Waals surface area contributed by atoms with Gasteiger partial charge in [0.2, 0.25) is 0 Å². The monoisotopic (exact) mass is 350 g/mol. The number of carbonyl (C=O) groups is 2. The Morgan fingerprint density at radius 1 is 1.20 bits per heavy atom. The molecule has 2 rings (SSSR count). The largest absolute Gasteiger partial charge is 0.444 e. The van der Waals surface area contributed by atoms with E-state index in [1.165, 1.54) is 9.80 Å². The summed E-state index contributed by atoms with van der Waals surface area (Å²) in [4.78, 5) is 26.9. The average Bonchev–Trinajstić information content (AvgIpc) is 2.52. The molecule has 1 heterocycles. The highest BCUT2D eigenvalue weighted by molar-refractivity contribution is 5.93. The number of rotatable bonds is 2. The van der Waals surface area contributed by atoms with E-state index in [2.05, 4.69) is 0 Å². The van der Waals surface area contributed by atoms with Crippen molar-refractivity contribution in [2.75, 3.05) is 27.2 Å². The van der Waals surface area contributed by atoms with Gasteiger partial charge in [-0.3, -0.25) is 4.79 Å². The average molecular weight is 350 g/mol. The summed E-state index contributed by atoms with van der Waals surface area (Å²) in [7, 11) is 3.39. The number of ether oxygens (including phenoxy) is 1. The Labute approximate surface area is 148 Å². The molecule has 6 heteroatoms. The van der Waals surface area contributed by atoms with Crippen molar-refractivity contribution in [1.82, 2.24) is 9.80 Å². The molecule has 1 saturated heterocycles. The number of nitrogens with zero attached hydrogens (tertiary/aromatic N) is 2. The molecule has 0 bridgehead atoms. The highest BCUT2D eigenvalue weighted by Gasteiger charge is 2.34. The highest BCUT2D eigenvalue weighted by atomic mass is 19.1. The van der Waals surface area contributed by atoms with Crippen LogP contribution in [0.5, 0.6) is 0 Å². The van der Waals surface area contributed by atoms with Crippen molar-refractivity contribution in [2.45, 2.75) is 44.9 Å². The van der Waals surface area contributed by atoms with Gasteiger partial charge in [-0.15, -0.1) is 0 Å². The minimum atomic E-state index is -1.16. The predicted octanol–water partition coefficient (Wildman–Crippen LogP) is 3.45. The molecule has 0 unspecified atom stereocenters. The zero-order valence-corrected chi connectivity index (χ0v) is 15.6. The van der Waals surface area contributed by atoms with Crippen LogP contribution < -0.4 is 0 Å². The molecule has 1 aromatic carbocycles. The molecule has 0 N–H and O–H groups in total. The molecule has 1 aliphatic heterocycles. The summed E-state index contributed by atoms with van der Waals surface area (Å²) in [6.45, 7) is 5.86. The maximum Gasteiger partial charge on any atom is 0.410 e. The zero-order chi connectivity index (χ0) is 18.8. The number of halogens is 1. The Kier molecular flexibility index (Phi) is 5.70. The summed E-state index contributed by atoms with van der Waals surface area (Å²) in [5, 5.41) is 0. The quantitative estimate of drug-likeness (QED) is 0.821. The molecule has 138 valence electrons. The van der Waals surface area contributed by atoms with Gasteiger partial charge in [0.15, 0.2) is 0 Å². The Balaban J connectivity index is 2.01. The number of alkyl halides is 1. The standard InChI is InChI=1S/C19H27FN2O3/c1-19(2,3)25-18(24)22-11-10-15(16(20)12-22)13-6-8-14(9-7-13)17(23)21(4)5/h6-9,15-16H,10-12H2,1-5H3/t15-,16-/m1/s1. The normalized spacial score (nSPS) is 21.0. The molecule has 0 spiro atoms. The van der Waals surface area contributed by atoms with Crippen molar-refractivity contribution in [3.63, 3.8) is 0 Å². The first-order chi connectivity index (χ1) is 11.6. The Morgan fingerprint density at radius 3 is 2.28 bits per heavy atom. The lowest BCUT2D eigenvalue weighted by Crippen LogP contribution is -2.46. The van der Waals surface area contributed by atoms with E-state index in [0.29, 0.717) is 18.5 Å². The maximum absolute atomic E-state index is 14.6. The van der Waals surface area contributed by atoms with E-state index >= 15 is 0 Å². The molecule has 1 fully saturated rings. The summed E-state index contributed by atoms with van der Waals surface area (Å²) in [5.74, 6) is -0.356. The Bertz CT molecular complexity index is 623. The fourth-order valence-corrected chi connectivity index (χ4v) is 2.90. The third kappa shape index (κ3) is 4.94. The van der Waals surface area contributed by atoms with E-state index in [9.17, 15) is 14.0 Å². The molecule has 1 aliphatic rings. The zero-order valence-electron chi connectivity index (χ0n) is 15.6. The minimum absolute atomic E-state index is 0.0258. The van der Waals surface area contributed by atoms with Crippen LogP contribution in [0.2, 0.25) is 0 Å². The van der Waals surface area contributed by atoms with Crippen molar-refractivity contribution in [3.8, 4) is 0 Å². The molecule has 5 nitrogen and oxygen atoms in total. The van der Waals surface area contributed by atoms with Crippen LogP contribution in [0, 0.1) is 0 Å². The predicted molar refractivity (Wildman–Crippen MR) is 94.5 cm³/mol. The van der Waals surface area contributed by atoms with Gasteiger partial charge in [0, 0.05) is 32.1 Å². The van der Waals surface area contributed by atoms with Crippen LogP contribution in [0.1, 0.15) is 49.0 Å². The third-order valence-corrected chi connectivity index (χ3v) is 4.19. The van der Waals surface area contributed by atoms with E-state index in [0.717, 1.165) is 5.56 Å². The van der Waals surface area contributed by atoms with E-state index in [4.69, 9.17) is 4.74 Å². The van der Waals surface area contributed by atoms with Crippen molar-refractivity contribution < 1.29 is 18.7 Å². The lowest BCUT2D eigenvalue weighted by molar-refractivity contribution is 0.0111. The first-order valence-corrected chi connectivity index (χ1v) is 8.52. The second-order valence-electron chi connectivity index (χ2n) is 7.66. The van der Waals surface area contributed by atoms with Gasteiger partial charge in [0.25, 0.3) is 5.91 Å². The second kappa shape index (κ2) is 7.42. The van der Waals surface area contributed by atoms with Crippen LogP contribution in [0.3, 0.4) is 0 Å². The number of hydrogen-bond donors (Lipinski definition) is 0. The van der Waals surface area contributed by atoms with Crippen molar-refractivity contribution >= 4 is 12.0 Å². The molecule has 2 atom stereocenters. The highest BCUT2D eigenvalue weighted by Crippen LogP contribution is 2.31. The van der Waals surface area contributed by atoms with Gasteiger partial charge < -0.3 is 14.5 Å². The van der Waals surface area contributed by atoms with Crippen molar-refractivity contribution in [3.05, 3.63) is 35.4 Å². The second-order valence-corrected chi connectivity index (χ2v) is 7.66. The van der Waals surface area contributed by atoms with Crippen LogP contribution in [0.4, 0.5) is 9.18 Å². The molecule has 1 aromatic rings. The molecule has 2 amide bonds. The smallest absolute Gasteiger partial charge is 0.410 e. The first kappa shape index (κ1) is 19.2. The molecule has 0 aliphatic carbocycles. The van der Waals surface area contributed by atoms with E-state index < -0.39 is 17.9 Å². The topological polar surface area (TPSA) is 49.9 Å². The summed E-state index contributed by atoms with van der Waals surface area (Å²) >= 11 is 0. The van der Waals surface area contributed by atoms with Gasteiger partial charge in [-0.2, -0.15) is 0 Å². The van der Waals surface area contributed by atoms with E-state index in [1.54, 1.807) is 59.1 Å². The third-order valence-electron chi connectivity index (χ3n) is 4.19. The van der Waals surface area contributed by atoms with Crippen LogP contribution >= 0.6 is 0 Å². The van der Waals surface area contributed by atoms with Crippen LogP contribution in [-0.4, -0.2) is 60.8 Å². The number of hydrogen-bond acceptors (Lipinski definition) is 3. The summed E-state index contributed by atoms with van der Waals surface area (Å²) < 4.78 is 19.9. The molecule has 0 radical (unpaired) electrons. The lowest BCUT2D eigenvalue weighted by Gasteiger charge is -2.35. The van der Waals surface area contributed by atoms with Gasteiger partial charge >= 0.3 is 6.09 Å². The molecule has 0 aromatic heterocycles.